The molecule has 1 aromatic rings. The van der Waals surface area contributed by atoms with Crippen LogP contribution in [0.15, 0.2) is 35.2 Å². The third-order valence-corrected chi connectivity index (χ3v) is 6.18. The average Bonchev–Trinajstić information content (AvgIpc) is 3.33. The van der Waals surface area contributed by atoms with Crippen LogP contribution < -0.4 is 16.0 Å². The maximum absolute atomic E-state index is 14.9. The van der Waals surface area contributed by atoms with Crippen LogP contribution in [0.2, 0.25) is 0 Å². The second kappa shape index (κ2) is 11.1. The zero-order valence-corrected chi connectivity index (χ0v) is 19.5. The van der Waals surface area contributed by atoms with Gasteiger partial charge in [0.2, 0.25) is 5.91 Å². The standard InChI is InChI=1S/C24H33FN6O2/c1-15(28-3)19(11-26)18-4-5-23(21(25)10-18)30-24(27)20-13-31(16(2)32)8-6-22(20)29-12-17-7-9-33-14-17/h4-5,10-11,17,26,28-29H,6-9,12-14H2,1-3H3,(H2,27,30)/b19-15+,26-11?/t17-/m1/s1. The summed E-state index contributed by atoms with van der Waals surface area (Å²) in [5.74, 6) is -0.0798. The van der Waals surface area contributed by atoms with E-state index >= 15 is 0 Å². The SMILES string of the molecule is CN/C(C)=C(\C=N)c1ccc(NC(=N)C2=C(NC[C@H]3CCOC3)CCN(C(C)=O)C2)c(F)c1. The van der Waals surface area contributed by atoms with E-state index in [0.29, 0.717) is 42.1 Å². The first-order valence-corrected chi connectivity index (χ1v) is 11.2. The normalized spacial score (nSPS) is 19.2. The van der Waals surface area contributed by atoms with E-state index in [-0.39, 0.29) is 17.4 Å². The third kappa shape index (κ3) is 5.98. The van der Waals surface area contributed by atoms with Gasteiger partial charge >= 0.3 is 0 Å². The second-order valence-electron chi connectivity index (χ2n) is 8.39. The topological polar surface area (TPSA) is 113 Å². The smallest absolute Gasteiger partial charge is 0.219 e. The lowest BCUT2D eigenvalue weighted by Gasteiger charge is -2.31. The first kappa shape index (κ1) is 24.4. The fourth-order valence-corrected chi connectivity index (χ4v) is 4.01. The molecule has 3 rings (SSSR count). The van der Waals surface area contributed by atoms with Gasteiger partial charge < -0.3 is 31.0 Å². The first-order chi connectivity index (χ1) is 15.8. The van der Waals surface area contributed by atoms with E-state index in [1.165, 1.54) is 19.2 Å². The van der Waals surface area contributed by atoms with Crippen LogP contribution in [-0.4, -0.2) is 62.8 Å². The van der Waals surface area contributed by atoms with Crippen molar-refractivity contribution in [2.45, 2.75) is 26.7 Å². The van der Waals surface area contributed by atoms with Crippen molar-refractivity contribution in [3.8, 4) is 0 Å². The Morgan fingerprint density at radius 3 is 2.76 bits per heavy atom. The van der Waals surface area contributed by atoms with Crippen molar-refractivity contribution in [3.63, 3.8) is 0 Å². The van der Waals surface area contributed by atoms with E-state index in [9.17, 15) is 9.18 Å². The van der Waals surface area contributed by atoms with Crippen LogP contribution in [0.3, 0.4) is 0 Å². The van der Waals surface area contributed by atoms with Gasteiger partial charge in [-0.05, 0) is 31.0 Å². The summed E-state index contributed by atoms with van der Waals surface area (Å²) in [7, 11) is 1.75. The summed E-state index contributed by atoms with van der Waals surface area (Å²) in [6, 6.07) is 4.64. The molecule has 0 spiro atoms. The summed E-state index contributed by atoms with van der Waals surface area (Å²) >= 11 is 0. The molecule has 1 atom stereocenters. The summed E-state index contributed by atoms with van der Waals surface area (Å²) < 4.78 is 20.4. The van der Waals surface area contributed by atoms with Gasteiger partial charge in [0.15, 0.2) is 0 Å². The van der Waals surface area contributed by atoms with Crippen molar-refractivity contribution in [1.29, 1.82) is 10.8 Å². The highest BCUT2D eigenvalue weighted by Crippen LogP contribution is 2.24. The van der Waals surface area contributed by atoms with Crippen molar-refractivity contribution >= 4 is 29.2 Å². The highest BCUT2D eigenvalue weighted by atomic mass is 19.1. The van der Waals surface area contributed by atoms with Crippen LogP contribution in [0.1, 0.15) is 32.3 Å². The van der Waals surface area contributed by atoms with Crippen LogP contribution in [0.5, 0.6) is 0 Å². The highest BCUT2D eigenvalue weighted by molar-refractivity contribution is 6.10. The molecule has 0 saturated carbocycles. The number of ether oxygens (including phenoxy) is 1. The summed E-state index contributed by atoms with van der Waals surface area (Å²) in [6.45, 7) is 6.46. The first-order valence-electron chi connectivity index (χ1n) is 11.2. The minimum Gasteiger partial charge on any atom is -0.391 e. The molecular formula is C24H33FN6O2. The van der Waals surface area contributed by atoms with Gasteiger partial charge in [-0.25, -0.2) is 4.39 Å². The molecule has 1 fully saturated rings. The predicted octanol–water partition coefficient (Wildman–Crippen LogP) is 2.95. The minimum absolute atomic E-state index is 0.0510. The number of hydrogen-bond donors (Lipinski definition) is 5. The van der Waals surface area contributed by atoms with Crippen LogP contribution >= 0.6 is 0 Å². The number of allylic oxidation sites excluding steroid dienone is 2. The summed E-state index contributed by atoms with van der Waals surface area (Å²) in [5.41, 5.74) is 3.67. The number of benzene rings is 1. The van der Waals surface area contributed by atoms with Gasteiger partial charge in [-0.2, -0.15) is 0 Å². The summed E-state index contributed by atoms with van der Waals surface area (Å²) in [4.78, 5) is 13.6. The van der Waals surface area contributed by atoms with Crippen LogP contribution in [0.25, 0.3) is 5.57 Å². The number of rotatable bonds is 8. The Balaban J connectivity index is 1.81. The van der Waals surface area contributed by atoms with Gasteiger partial charge in [-0.1, -0.05) is 6.07 Å². The molecular weight excluding hydrogens is 423 g/mol. The molecule has 0 bridgehead atoms. The number of amides is 1. The van der Waals surface area contributed by atoms with E-state index in [4.69, 9.17) is 15.6 Å². The van der Waals surface area contributed by atoms with Gasteiger partial charge in [0.1, 0.15) is 11.7 Å². The Labute approximate surface area is 194 Å². The van der Waals surface area contributed by atoms with Crippen molar-refractivity contribution in [2.75, 3.05) is 45.2 Å². The predicted molar refractivity (Wildman–Crippen MR) is 129 cm³/mol. The van der Waals surface area contributed by atoms with Gasteiger partial charge in [0.05, 0.1) is 18.8 Å². The highest BCUT2D eigenvalue weighted by Gasteiger charge is 2.25. The molecule has 2 aliphatic rings. The van der Waals surface area contributed by atoms with E-state index in [2.05, 4.69) is 16.0 Å². The molecule has 2 aliphatic heterocycles. The lowest BCUT2D eigenvalue weighted by atomic mass is 10.0. The van der Waals surface area contributed by atoms with Gasteiger partial charge in [-0.3, -0.25) is 10.2 Å². The lowest BCUT2D eigenvalue weighted by Crippen LogP contribution is -2.41. The maximum atomic E-state index is 14.9. The fourth-order valence-electron chi connectivity index (χ4n) is 4.01. The zero-order valence-electron chi connectivity index (χ0n) is 19.5. The fraction of sp³-hybridized carbons (Fsp3) is 0.458. The number of anilines is 1. The molecule has 178 valence electrons. The molecule has 0 aliphatic carbocycles. The monoisotopic (exact) mass is 456 g/mol. The van der Waals surface area contributed by atoms with Crippen molar-refractivity contribution in [1.82, 2.24) is 15.5 Å². The molecule has 5 N–H and O–H groups in total. The number of nitrogens with zero attached hydrogens (tertiary/aromatic N) is 1. The molecule has 2 heterocycles. The minimum atomic E-state index is -0.516. The van der Waals surface area contributed by atoms with Gasteiger partial charge in [-0.15, -0.1) is 0 Å². The average molecular weight is 457 g/mol. The number of amidine groups is 1. The Morgan fingerprint density at radius 1 is 1.36 bits per heavy atom. The Morgan fingerprint density at radius 2 is 2.15 bits per heavy atom. The van der Waals surface area contributed by atoms with E-state index in [1.807, 2.05) is 6.92 Å². The molecule has 9 heteroatoms. The van der Waals surface area contributed by atoms with Crippen LogP contribution in [0, 0.1) is 22.6 Å². The number of nitrogens with one attached hydrogen (secondary N) is 5. The number of carbonyl (C=O) groups excluding carboxylic acids is 1. The number of halogens is 1. The van der Waals surface area contributed by atoms with Crippen molar-refractivity contribution in [3.05, 3.63) is 46.5 Å². The molecule has 0 aromatic heterocycles. The van der Waals surface area contributed by atoms with Gasteiger partial charge in [0.25, 0.3) is 0 Å². The van der Waals surface area contributed by atoms with E-state index in [1.54, 1.807) is 24.1 Å². The molecule has 0 radical (unpaired) electrons. The summed E-state index contributed by atoms with van der Waals surface area (Å²) in [6.07, 6.45) is 2.80. The number of carbonyl (C=O) groups is 1. The molecule has 33 heavy (non-hydrogen) atoms. The molecule has 1 saturated heterocycles. The Hall–Kier alpha value is -3.20. The van der Waals surface area contributed by atoms with E-state index < -0.39 is 5.82 Å². The molecule has 1 aromatic carbocycles. The molecule has 0 unspecified atom stereocenters. The lowest BCUT2D eigenvalue weighted by molar-refractivity contribution is -0.128. The second-order valence-corrected chi connectivity index (χ2v) is 8.39. The molecule has 8 nitrogen and oxygen atoms in total. The quantitative estimate of drug-likeness (QED) is 0.305. The third-order valence-electron chi connectivity index (χ3n) is 6.18. The largest absolute Gasteiger partial charge is 0.391 e. The van der Waals surface area contributed by atoms with E-state index in [0.717, 1.165) is 37.6 Å². The molecule has 1 amide bonds. The zero-order chi connectivity index (χ0) is 24.0. The van der Waals surface area contributed by atoms with Crippen LogP contribution in [0.4, 0.5) is 10.1 Å². The number of hydrogen-bond acceptors (Lipinski definition) is 6. The summed E-state index contributed by atoms with van der Waals surface area (Å²) in [5, 5.41) is 25.6. The maximum Gasteiger partial charge on any atom is 0.219 e. The Bertz CT molecular complexity index is 981. The Kier molecular flexibility index (Phi) is 8.21. The van der Waals surface area contributed by atoms with Crippen LogP contribution in [-0.2, 0) is 9.53 Å². The van der Waals surface area contributed by atoms with Crippen molar-refractivity contribution in [2.24, 2.45) is 5.92 Å². The van der Waals surface area contributed by atoms with Gasteiger partial charge in [0, 0.05) is 74.8 Å². The van der Waals surface area contributed by atoms with Crippen molar-refractivity contribution < 1.29 is 13.9 Å².